The molecule has 0 bridgehead atoms. The maximum atomic E-state index is 12.6. The van der Waals surface area contributed by atoms with Crippen LogP contribution in [0, 0.1) is 6.92 Å². The standard InChI is InChI=1S/C22H23N5O4S/c1-17-23-21(25-31-17)19-7-9-20(10-8-19)24-22(28)26-12-14-27(15-13-26)32(29,30)16-11-18-5-3-2-4-6-18/h2-11,16H,12-15H2,1H3,(H,24,28). The van der Waals surface area contributed by atoms with Gasteiger partial charge in [0.05, 0.1) is 0 Å². The zero-order chi connectivity index (χ0) is 22.6. The van der Waals surface area contributed by atoms with Crippen molar-refractivity contribution in [2.24, 2.45) is 0 Å². The Hall–Kier alpha value is -3.50. The lowest BCUT2D eigenvalue weighted by molar-refractivity contribution is 0.185. The van der Waals surface area contributed by atoms with E-state index in [-0.39, 0.29) is 19.1 Å². The number of nitrogens with zero attached hydrogens (tertiary/aromatic N) is 4. The van der Waals surface area contributed by atoms with E-state index in [1.807, 2.05) is 30.3 Å². The predicted octanol–water partition coefficient (Wildman–Crippen LogP) is 3.20. The van der Waals surface area contributed by atoms with Gasteiger partial charge in [0.15, 0.2) is 0 Å². The normalized spacial score (nSPS) is 15.2. The summed E-state index contributed by atoms with van der Waals surface area (Å²) in [5.74, 6) is 0.966. The zero-order valence-corrected chi connectivity index (χ0v) is 18.3. The molecule has 0 saturated carbocycles. The molecule has 32 heavy (non-hydrogen) atoms. The summed E-state index contributed by atoms with van der Waals surface area (Å²) in [4.78, 5) is 18.4. The lowest BCUT2D eigenvalue weighted by atomic mass is 10.2. The molecule has 1 fully saturated rings. The van der Waals surface area contributed by atoms with E-state index in [1.165, 1.54) is 9.71 Å². The first-order valence-electron chi connectivity index (χ1n) is 10.1. The molecule has 0 radical (unpaired) electrons. The molecule has 1 aliphatic rings. The van der Waals surface area contributed by atoms with E-state index in [2.05, 4.69) is 15.5 Å². The van der Waals surface area contributed by atoms with Crippen LogP contribution in [0.2, 0.25) is 0 Å². The molecule has 0 spiro atoms. The minimum atomic E-state index is -3.54. The third-order valence-electron chi connectivity index (χ3n) is 5.04. The molecule has 2 aromatic carbocycles. The molecule has 4 rings (SSSR count). The number of hydrogen-bond donors (Lipinski definition) is 1. The number of amides is 2. The molecule has 1 N–H and O–H groups in total. The summed E-state index contributed by atoms with van der Waals surface area (Å²) in [6.45, 7) is 2.82. The van der Waals surface area contributed by atoms with E-state index < -0.39 is 10.0 Å². The lowest BCUT2D eigenvalue weighted by Gasteiger charge is -2.33. The van der Waals surface area contributed by atoms with E-state index in [0.29, 0.717) is 30.5 Å². The fourth-order valence-corrected chi connectivity index (χ4v) is 4.46. The Morgan fingerprint density at radius 2 is 1.72 bits per heavy atom. The van der Waals surface area contributed by atoms with Gasteiger partial charge in [0, 0.05) is 49.8 Å². The first-order valence-corrected chi connectivity index (χ1v) is 11.6. The van der Waals surface area contributed by atoms with Gasteiger partial charge in [-0.3, -0.25) is 0 Å². The van der Waals surface area contributed by atoms with Crippen LogP contribution in [0.25, 0.3) is 17.5 Å². The highest BCUT2D eigenvalue weighted by molar-refractivity contribution is 7.92. The summed E-state index contributed by atoms with van der Waals surface area (Å²) in [6.07, 6.45) is 1.58. The van der Waals surface area contributed by atoms with Gasteiger partial charge in [0.1, 0.15) is 0 Å². The molecule has 166 valence electrons. The number of urea groups is 1. The number of aryl methyl sites for hydroxylation is 1. The number of hydrogen-bond acceptors (Lipinski definition) is 6. The molecule has 0 unspecified atom stereocenters. The number of carbonyl (C=O) groups excluding carboxylic acids is 1. The highest BCUT2D eigenvalue weighted by Crippen LogP contribution is 2.19. The first-order chi connectivity index (χ1) is 15.4. The van der Waals surface area contributed by atoms with Gasteiger partial charge in [-0.15, -0.1) is 0 Å². The summed E-state index contributed by atoms with van der Waals surface area (Å²) in [5.41, 5.74) is 2.22. The van der Waals surface area contributed by atoms with E-state index in [9.17, 15) is 13.2 Å². The average molecular weight is 454 g/mol. The van der Waals surface area contributed by atoms with Crippen molar-refractivity contribution in [2.45, 2.75) is 6.92 Å². The zero-order valence-electron chi connectivity index (χ0n) is 17.5. The maximum absolute atomic E-state index is 12.6. The van der Waals surface area contributed by atoms with Gasteiger partial charge in [-0.1, -0.05) is 35.5 Å². The molecule has 1 saturated heterocycles. The van der Waals surface area contributed by atoms with Crippen LogP contribution in [0.4, 0.5) is 10.5 Å². The van der Waals surface area contributed by atoms with Crippen LogP contribution in [0.5, 0.6) is 0 Å². The molecule has 2 amide bonds. The van der Waals surface area contributed by atoms with Crippen LogP contribution < -0.4 is 5.32 Å². The second-order valence-corrected chi connectivity index (χ2v) is 9.11. The Labute approximate surface area is 186 Å². The number of piperazine rings is 1. The third-order valence-corrected chi connectivity index (χ3v) is 6.60. The minimum absolute atomic E-state index is 0.241. The number of benzene rings is 2. The molecular formula is C22H23N5O4S. The van der Waals surface area contributed by atoms with Crippen molar-refractivity contribution in [1.82, 2.24) is 19.3 Å². The molecule has 0 atom stereocenters. The molecule has 1 aromatic heterocycles. The quantitative estimate of drug-likeness (QED) is 0.636. The fourth-order valence-electron chi connectivity index (χ4n) is 3.28. The summed E-state index contributed by atoms with van der Waals surface area (Å²) >= 11 is 0. The van der Waals surface area contributed by atoms with E-state index in [1.54, 1.807) is 42.2 Å². The van der Waals surface area contributed by atoms with Crippen LogP contribution in [0.1, 0.15) is 11.5 Å². The maximum Gasteiger partial charge on any atom is 0.321 e. The van der Waals surface area contributed by atoms with Crippen molar-refractivity contribution >= 4 is 27.8 Å². The smallest absolute Gasteiger partial charge is 0.321 e. The second kappa shape index (κ2) is 9.33. The van der Waals surface area contributed by atoms with Crippen molar-refractivity contribution < 1.29 is 17.7 Å². The van der Waals surface area contributed by atoms with Gasteiger partial charge in [-0.2, -0.15) is 9.29 Å². The van der Waals surface area contributed by atoms with Gasteiger partial charge in [-0.25, -0.2) is 13.2 Å². The average Bonchev–Trinajstić information content (AvgIpc) is 3.25. The number of aromatic nitrogens is 2. The van der Waals surface area contributed by atoms with Crippen LogP contribution in [-0.2, 0) is 10.0 Å². The Bertz CT molecular complexity index is 1200. The minimum Gasteiger partial charge on any atom is -0.339 e. The van der Waals surface area contributed by atoms with Crippen molar-refractivity contribution in [3.8, 4) is 11.4 Å². The van der Waals surface area contributed by atoms with Gasteiger partial charge in [0.25, 0.3) is 0 Å². The van der Waals surface area contributed by atoms with E-state index >= 15 is 0 Å². The van der Waals surface area contributed by atoms with Gasteiger partial charge in [-0.05, 0) is 35.9 Å². The van der Waals surface area contributed by atoms with E-state index in [0.717, 1.165) is 11.1 Å². The summed E-state index contributed by atoms with van der Waals surface area (Å²) in [7, 11) is -3.54. The molecule has 1 aliphatic heterocycles. The van der Waals surface area contributed by atoms with Crippen LogP contribution in [0.3, 0.4) is 0 Å². The Balaban J connectivity index is 1.31. The highest BCUT2D eigenvalue weighted by Gasteiger charge is 2.27. The summed E-state index contributed by atoms with van der Waals surface area (Å²) < 4.78 is 31.5. The molecular weight excluding hydrogens is 430 g/mol. The number of carbonyl (C=O) groups is 1. The predicted molar refractivity (Wildman–Crippen MR) is 121 cm³/mol. The van der Waals surface area contributed by atoms with Crippen LogP contribution in [0.15, 0.2) is 64.5 Å². The van der Waals surface area contributed by atoms with Crippen LogP contribution >= 0.6 is 0 Å². The first kappa shape index (κ1) is 21.7. The molecule has 3 aromatic rings. The topological polar surface area (TPSA) is 109 Å². The van der Waals surface area contributed by atoms with Crippen molar-refractivity contribution in [1.29, 1.82) is 0 Å². The Kier molecular flexibility index (Phi) is 6.33. The second-order valence-electron chi connectivity index (χ2n) is 7.29. The number of sulfonamides is 1. The monoisotopic (exact) mass is 453 g/mol. The number of rotatable bonds is 5. The Morgan fingerprint density at radius 1 is 1.03 bits per heavy atom. The highest BCUT2D eigenvalue weighted by atomic mass is 32.2. The Morgan fingerprint density at radius 3 is 2.34 bits per heavy atom. The fraction of sp³-hybridized carbons (Fsp3) is 0.227. The molecule has 9 nitrogen and oxygen atoms in total. The third kappa shape index (κ3) is 5.21. The number of anilines is 1. The SMILES string of the molecule is Cc1nc(-c2ccc(NC(=O)N3CCN(S(=O)(=O)C=Cc4ccccc4)CC3)cc2)no1. The lowest BCUT2D eigenvalue weighted by Crippen LogP contribution is -2.51. The molecule has 10 heteroatoms. The summed E-state index contributed by atoms with van der Waals surface area (Å²) in [6, 6.07) is 16.1. The van der Waals surface area contributed by atoms with Crippen LogP contribution in [-0.4, -0.2) is 60.0 Å². The van der Waals surface area contributed by atoms with Gasteiger partial charge >= 0.3 is 6.03 Å². The van der Waals surface area contributed by atoms with Crippen molar-refractivity contribution in [3.63, 3.8) is 0 Å². The van der Waals surface area contributed by atoms with Gasteiger partial charge in [0.2, 0.25) is 21.7 Å². The van der Waals surface area contributed by atoms with Crippen molar-refractivity contribution in [2.75, 3.05) is 31.5 Å². The number of nitrogens with one attached hydrogen (secondary N) is 1. The van der Waals surface area contributed by atoms with Crippen molar-refractivity contribution in [3.05, 3.63) is 71.5 Å². The molecule has 0 aliphatic carbocycles. The largest absolute Gasteiger partial charge is 0.339 e. The van der Waals surface area contributed by atoms with E-state index in [4.69, 9.17) is 4.52 Å². The van der Waals surface area contributed by atoms with Gasteiger partial charge < -0.3 is 14.7 Å². The summed E-state index contributed by atoms with van der Waals surface area (Å²) in [5, 5.41) is 7.92. The molecule has 2 heterocycles.